The van der Waals surface area contributed by atoms with Crippen LogP contribution in [0.2, 0.25) is 0 Å². The second kappa shape index (κ2) is 2.91. The maximum Gasteiger partial charge on any atom is 0.000262 e. The standard InChI is InChI=1S/C9H19N/c1-8-4-5-10-7-9(2,3)6-8/h8,10H,4-7H2,1-3H3/t8-/m0/s1. The van der Waals surface area contributed by atoms with E-state index in [1.165, 1.54) is 25.9 Å². The van der Waals surface area contributed by atoms with Crippen molar-refractivity contribution in [2.24, 2.45) is 11.3 Å². The summed E-state index contributed by atoms with van der Waals surface area (Å²) in [7, 11) is 0. The van der Waals surface area contributed by atoms with Gasteiger partial charge in [0.25, 0.3) is 0 Å². The molecule has 1 nitrogen and oxygen atoms in total. The maximum absolute atomic E-state index is 3.47. The van der Waals surface area contributed by atoms with E-state index in [1.54, 1.807) is 0 Å². The fraction of sp³-hybridized carbons (Fsp3) is 1.00. The Morgan fingerprint density at radius 2 is 2.10 bits per heavy atom. The molecule has 0 amide bonds. The van der Waals surface area contributed by atoms with Crippen molar-refractivity contribution >= 4 is 0 Å². The zero-order chi connectivity index (χ0) is 7.61. The molecule has 0 unspecified atom stereocenters. The Kier molecular flexibility index (Phi) is 2.35. The summed E-state index contributed by atoms with van der Waals surface area (Å²) in [5.41, 5.74) is 0.524. The number of hydrogen-bond donors (Lipinski definition) is 1. The van der Waals surface area contributed by atoms with Crippen LogP contribution < -0.4 is 5.32 Å². The zero-order valence-electron chi connectivity index (χ0n) is 7.41. The van der Waals surface area contributed by atoms with Crippen LogP contribution in [-0.4, -0.2) is 13.1 Å². The molecule has 1 heteroatoms. The minimum atomic E-state index is 0.524. The second-order valence-corrected chi connectivity index (χ2v) is 4.44. The third-order valence-electron chi connectivity index (χ3n) is 2.32. The van der Waals surface area contributed by atoms with Crippen LogP contribution in [0.25, 0.3) is 0 Å². The van der Waals surface area contributed by atoms with E-state index in [2.05, 4.69) is 26.1 Å². The Hall–Kier alpha value is -0.0400. The molecule has 0 radical (unpaired) electrons. The van der Waals surface area contributed by atoms with Crippen molar-refractivity contribution < 1.29 is 0 Å². The lowest BCUT2D eigenvalue weighted by atomic mass is 9.84. The monoisotopic (exact) mass is 141 g/mol. The lowest BCUT2D eigenvalue weighted by Crippen LogP contribution is -2.26. The van der Waals surface area contributed by atoms with Crippen LogP contribution in [0.4, 0.5) is 0 Å². The Labute approximate surface area is 64.2 Å². The van der Waals surface area contributed by atoms with Gasteiger partial charge in [-0.25, -0.2) is 0 Å². The highest BCUT2D eigenvalue weighted by Crippen LogP contribution is 2.27. The largest absolute Gasteiger partial charge is 0.316 e. The molecule has 1 aliphatic rings. The minimum absolute atomic E-state index is 0.524. The molecule has 1 N–H and O–H groups in total. The molecule has 0 aromatic rings. The molecule has 1 rings (SSSR count). The summed E-state index contributed by atoms with van der Waals surface area (Å²) in [5.74, 6) is 0.907. The van der Waals surface area contributed by atoms with Crippen molar-refractivity contribution in [2.75, 3.05) is 13.1 Å². The van der Waals surface area contributed by atoms with Crippen LogP contribution in [0.1, 0.15) is 33.6 Å². The van der Waals surface area contributed by atoms with Crippen molar-refractivity contribution in [1.82, 2.24) is 5.32 Å². The van der Waals surface area contributed by atoms with Gasteiger partial charge in [0.15, 0.2) is 0 Å². The average molecular weight is 141 g/mol. The van der Waals surface area contributed by atoms with E-state index in [1.807, 2.05) is 0 Å². The predicted molar refractivity (Wildman–Crippen MR) is 45.0 cm³/mol. The molecule has 1 aliphatic heterocycles. The van der Waals surface area contributed by atoms with Gasteiger partial charge in [0.05, 0.1) is 0 Å². The van der Waals surface area contributed by atoms with E-state index < -0.39 is 0 Å². The fourth-order valence-corrected chi connectivity index (χ4v) is 1.89. The van der Waals surface area contributed by atoms with Crippen molar-refractivity contribution in [3.63, 3.8) is 0 Å². The molecular weight excluding hydrogens is 122 g/mol. The number of hydrogen-bond acceptors (Lipinski definition) is 1. The molecule has 1 fully saturated rings. The predicted octanol–water partition coefficient (Wildman–Crippen LogP) is 2.03. The van der Waals surface area contributed by atoms with E-state index in [0.29, 0.717) is 5.41 Å². The highest BCUT2D eigenvalue weighted by Gasteiger charge is 2.22. The van der Waals surface area contributed by atoms with Crippen molar-refractivity contribution in [1.29, 1.82) is 0 Å². The van der Waals surface area contributed by atoms with Crippen LogP contribution in [-0.2, 0) is 0 Å². The fourth-order valence-electron chi connectivity index (χ4n) is 1.89. The van der Waals surface area contributed by atoms with E-state index in [9.17, 15) is 0 Å². The van der Waals surface area contributed by atoms with Crippen molar-refractivity contribution in [3.8, 4) is 0 Å². The van der Waals surface area contributed by atoms with Gasteiger partial charge in [0.2, 0.25) is 0 Å². The molecular formula is C9H19N. The van der Waals surface area contributed by atoms with Crippen LogP contribution in [0.3, 0.4) is 0 Å². The first-order chi connectivity index (χ1) is 4.60. The van der Waals surface area contributed by atoms with E-state index in [4.69, 9.17) is 0 Å². The van der Waals surface area contributed by atoms with E-state index in [0.717, 1.165) is 5.92 Å². The quantitative estimate of drug-likeness (QED) is 0.544. The minimum Gasteiger partial charge on any atom is -0.316 e. The first-order valence-electron chi connectivity index (χ1n) is 4.31. The highest BCUT2D eigenvalue weighted by molar-refractivity contribution is 4.77. The summed E-state index contributed by atoms with van der Waals surface area (Å²) >= 11 is 0. The molecule has 0 spiro atoms. The van der Waals surface area contributed by atoms with Crippen LogP contribution >= 0.6 is 0 Å². The van der Waals surface area contributed by atoms with Gasteiger partial charge in [-0.1, -0.05) is 20.8 Å². The maximum atomic E-state index is 3.47. The van der Waals surface area contributed by atoms with Gasteiger partial charge in [-0.3, -0.25) is 0 Å². The molecule has 0 aliphatic carbocycles. The Balaban J connectivity index is 2.46. The van der Waals surface area contributed by atoms with Crippen molar-refractivity contribution in [2.45, 2.75) is 33.6 Å². The summed E-state index contributed by atoms with van der Waals surface area (Å²) < 4.78 is 0. The van der Waals surface area contributed by atoms with Gasteiger partial charge in [-0.15, -0.1) is 0 Å². The topological polar surface area (TPSA) is 12.0 Å². The Morgan fingerprint density at radius 1 is 1.40 bits per heavy atom. The third-order valence-corrected chi connectivity index (χ3v) is 2.32. The van der Waals surface area contributed by atoms with Gasteiger partial charge in [0, 0.05) is 6.54 Å². The smallest absolute Gasteiger partial charge is 0.000262 e. The van der Waals surface area contributed by atoms with Gasteiger partial charge < -0.3 is 5.32 Å². The number of nitrogens with one attached hydrogen (secondary N) is 1. The third kappa shape index (κ3) is 2.30. The van der Waals surface area contributed by atoms with Crippen LogP contribution in [0.15, 0.2) is 0 Å². The summed E-state index contributed by atoms with van der Waals surface area (Å²) in [6, 6.07) is 0. The first kappa shape index (κ1) is 8.06. The highest BCUT2D eigenvalue weighted by atomic mass is 14.9. The normalized spacial score (nSPS) is 33.3. The zero-order valence-corrected chi connectivity index (χ0v) is 7.41. The molecule has 0 bridgehead atoms. The Bertz CT molecular complexity index is 107. The molecule has 1 saturated heterocycles. The van der Waals surface area contributed by atoms with Crippen molar-refractivity contribution in [3.05, 3.63) is 0 Å². The van der Waals surface area contributed by atoms with Crippen LogP contribution in [0.5, 0.6) is 0 Å². The molecule has 0 aromatic heterocycles. The molecule has 60 valence electrons. The van der Waals surface area contributed by atoms with Gasteiger partial charge in [-0.05, 0) is 30.7 Å². The Morgan fingerprint density at radius 3 is 2.80 bits per heavy atom. The van der Waals surface area contributed by atoms with E-state index in [-0.39, 0.29) is 0 Å². The molecule has 1 heterocycles. The van der Waals surface area contributed by atoms with Crippen LogP contribution in [0, 0.1) is 11.3 Å². The SMILES string of the molecule is C[C@H]1CCNCC(C)(C)C1. The van der Waals surface area contributed by atoms with Gasteiger partial charge in [-0.2, -0.15) is 0 Å². The summed E-state index contributed by atoms with van der Waals surface area (Å²) in [4.78, 5) is 0. The number of rotatable bonds is 0. The van der Waals surface area contributed by atoms with Gasteiger partial charge >= 0.3 is 0 Å². The lowest BCUT2D eigenvalue weighted by Gasteiger charge is -2.23. The molecule has 10 heavy (non-hydrogen) atoms. The lowest BCUT2D eigenvalue weighted by molar-refractivity contribution is 0.295. The van der Waals surface area contributed by atoms with E-state index >= 15 is 0 Å². The summed E-state index contributed by atoms with van der Waals surface area (Å²) in [6.07, 6.45) is 2.73. The van der Waals surface area contributed by atoms with Gasteiger partial charge in [0.1, 0.15) is 0 Å². The molecule has 0 saturated carbocycles. The molecule has 0 aromatic carbocycles. The molecule has 1 atom stereocenters. The first-order valence-corrected chi connectivity index (χ1v) is 4.31. The second-order valence-electron chi connectivity index (χ2n) is 4.44. The summed E-state index contributed by atoms with van der Waals surface area (Å²) in [5, 5.41) is 3.47. The average Bonchev–Trinajstić information content (AvgIpc) is 1.90. The summed E-state index contributed by atoms with van der Waals surface area (Å²) in [6.45, 7) is 9.46.